The second-order valence-corrected chi connectivity index (χ2v) is 6.37. The van der Waals surface area contributed by atoms with Crippen molar-refractivity contribution in [1.82, 2.24) is 15.3 Å². The molecule has 1 saturated heterocycles. The van der Waals surface area contributed by atoms with Gasteiger partial charge in [0.05, 0.1) is 5.92 Å². The third kappa shape index (κ3) is 3.31. The number of rotatable bonds is 5. The number of hydrogen-bond donors (Lipinski definition) is 3. The van der Waals surface area contributed by atoms with Crippen LogP contribution in [-0.2, 0) is 0 Å². The molecular weight excluding hydrogens is 312 g/mol. The fourth-order valence-electron chi connectivity index (χ4n) is 3.02. The van der Waals surface area contributed by atoms with E-state index >= 15 is 0 Å². The van der Waals surface area contributed by atoms with Crippen molar-refractivity contribution in [2.45, 2.75) is 30.7 Å². The Labute approximate surface area is 138 Å². The minimum absolute atomic E-state index is 0.0677. The molecule has 4 rings (SSSR count). The molecule has 7 heteroatoms. The minimum Gasteiger partial charge on any atom is -0.366 e. The summed E-state index contributed by atoms with van der Waals surface area (Å²) < 4.78 is 26.5. The Bertz CT molecular complexity index is 730. The number of nitrogens with zero attached hydrogens (tertiary/aromatic N) is 2. The number of nitrogens with one attached hydrogen (secondary N) is 3. The maximum Gasteiger partial charge on any atom is 0.255 e. The first kappa shape index (κ1) is 15.3. The summed E-state index contributed by atoms with van der Waals surface area (Å²) in [6, 6.07) is 9.28. The van der Waals surface area contributed by atoms with Crippen LogP contribution in [0.25, 0.3) is 0 Å². The van der Waals surface area contributed by atoms with Crippen molar-refractivity contribution in [2.75, 3.05) is 23.7 Å². The van der Waals surface area contributed by atoms with Gasteiger partial charge >= 0.3 is 0 Å². The molecule has 1 aliphatic heterocycles. The zero-order valence-electron chi connectivity index (χ0n) is 13.1. The van der Waals surface area contributed by atoms with Crippen LogP contribution in [-0.4, -0.2) is 35.0 Å². The normalized spacial score (nSPS) is 24.6. The Morgan fingerprint density at radius 1 is 1.25 bits per heavy atom. The molecule has 3 N–H and O–H groups in total. The molecule has 2 fully saturated rings. The summed E-state index contributed by atoms with van der Waals surface area (Å²) in [5.41, 5.74) is 1.37. The van der Waals surface area contributed by atoms with Crippen molar-refractivity contribution >= 4 is 17.5 Å². The maximum atomic E-state index is 13.2. The van der Waals surface area contributed by atoms with Gasteiger partial charge in [0.2, 0.25) is 5.95 Å². The predicted molar refractivity (Wildman–Crippen MR) is 89.0 cm³/mol. The van der Waals surface area contributed by atoms with Crippen molar-refractivity contribution in [3.05, 3.63) is 42.1 Å². The molecule has 2 heterocycles. The van der Waals surface area contributed by atoms with E-state index in [-0.39, 0.29) is 6.42 Å². The number of alkyl halides is 2. The van der Waals surface area contributed by atoms with Crippen molar-refractivity contribution in [3.8, 4) is 0 Å². The Kier molecular flexibility index (Phi) is 3.80. The fourth-order valence-corrected chi connectivity index (χ4v) is 3.02. The molecule has 1 aromatic carbocycles. The summed E-state index contributed by atoms with van der Waals surface area (Å²) >= 11 is 0. The van der Waals surface area contributed by atoms with Gasteiger partial charge in [0.1, 0.15) is 5.82 Å². The molecule has 0 bridgehead atoms. The van der Waals surface area contributed by atoms with Gasteiger partial charge in [-0.25, -0.2) is 13.8 Å². The quantitative estimate of drug-likeness (QED) is 0.786. The van der Waals surface area contributed by atoms with Gasteiger partial charge in [-0.3, -0.25) is 0 Å². The van der Waals surface area contributed by atoms with Crippen molar-refractivity contribution in [3.63, 3.8) is 0 Å². The topological polar surface area (TPSA) is 61.9 Å². The number of benzene rings is 1. The first-order chi connectivity index (χ1) is 11.6. The van der Waals surface area contributed by atoms with Crippen LogP contribution in [0.15, 0.2) is 36.5 Å². The standard InChI is InChI=1S/C17H19F2N5/c18-17(19)9-14(17)11-2-1-3-12(8-11)23-16-21-7-5-15(24-16)22-13-4-6-20-10-13/h1-3,5,7-8,13-14,20H,4,6,9-10H2,(H2,21,22,23,24). The van der Waals surface area contributed by atoms with Crippen LogP contribution in [0.4, 0.5) is 26.2 Å². The lowest BCUT2D eigenvalue weighted by molar-refractivity contribution is 0.112. The molecule has 1 aliphatic carbocycles. The van der Waals surface area contributed by atoms with Crippen LogP contribution in [0.2, 0.25) is 0 Å². The summed E-state index contributed by atoms with van der Waals surface area (Å²) in [6.07, 6.45) is 2.67. The number of halogens is 2. The highest BCUT2D eigenvalue weighted by Gasteiger charge is 2.57. The average molecular weight is 331 g/mol. The van der Waals surface area contributed by atoms with Crippen LogP contribution >= 0.6 is 0 Å². The molecule has 1 aromatic heterocycles. The van der Waals surface area contributed by atoms with Crippen molar-refractivity contribution in [1.29, 1.82) is 0 Å². The molecule has 0 spiro atoms. The van der Waals surface area contributed by atoms with Gasteiger partial charge in [0.15, 0.2) is 0 Å². The van der Waals surface area contributed by atoms with E-state index < -0.39 is 11.8 Å². The van der Waals surface area contributed by atoms with Crippen LogP contribution in [0.3, 0.4) is 0 Å². The number of hydrogen-bond acceptors (Lipinski definition) is 5. The fraction of sp³-hybridized carbons (Fsp3) is 0.412. The predicted octanol–water partition coefficient (Wildman–Crippen LogP) is 3.12. The Morgan fingerprint density at radius 2 is 2.12 bits per heavy atom. The van der Waals surface area contributed by atoms with E-state index in [0.717, 1.165) is 31.0 Å². The highest BCUT2D eigenvalue weighted by Crippen LogP contribution is 2.55. The second kappa shape index (κ2) is 5.98. The largest absolute Gasteiger partial charge is 0.366 e. The lowest BCUT2D eigenvalue weighted by atomic mass is 10.1. The van der Waals surface area contributed by atoms with E-state index in [2.05, 4.69) is 25.9 Å². The molecule has 0 radical (unpaired) electrons. The third-order valence-electron chi connectivity index (χ3n) is 4.44. The van der Waals surface area contributed by atoms with E-state index in [1.165, 1.54) is 0 Å². The van der Waals surface area contributed by atoms with Gasteiger partial charge in [-0.1, -0.05) is 12.1 Å². The smallest absolute Gasteiger partial charge is 0.255 e. The van der Waals surface area contributed by atoms with Crippen molar-refractivity contribution in [2.24, 2.45) is 0 Å². The van der Waals surface area contributed by atoms with E-state index in [1.54, 1.807) is 24.4 Å². The van der Waals surface area contributed by atoms with Crippen LogP contribution in [0, 0.1) is 0 Å². The number of aromatic nitrogens is 2. The average Bonchev–Trinajstić information content (AvgIpc) is 2.95. The molecular formula is C17H19F2N5. The Hall–Kier alpha value is -2.28. The zero-order valence-corrected chi connectivity index (χ0v) is 13.1. The Morgan fingerprint density at radius 3 is 2.88 bits per heavy atom. The van der Waals surface area contributed by atoms with Gasteiger partial charge in [-0.15, -0.1) is 0 Å². The van der Waals surface area contributed by atoms with Crippen LogP contribution in [0.5, 0.6) is 0 Å². The highest BCUT2D eigenvalue weighted by atomic mass is 19.3. The molecule has 2 aromatic rings. The molecule has 126 valence electrons. The molecule has 1 saturated carbocycles. The van der Waals surface area contributed by atoms with E-state index in [4.69, 9.17) is 0 Å². The van der Waals surface area contributed by atoms with Gasteiger partial charge in [0, 0.05) is 30.9 Å². The van der Waals surface area contributed by atoms with Gasteiger partial charge in [-0.2, -0.15) is 4.98 Å². The first-order valence-electron chi connectivity index (χ1n) is 8.15. The first-order valence-corrected chi connectivity index (χ1v) is 8.15. The van der Waals surface area contributed by atoms with E-state index in [1.807, 2.05) is 12.1 Å². The monoisotopic (exact) mass is 331 g/mol. The van der Waals surface area contributed by atoms with E-state index in [0.29, 0.717) is 17.6 Å². The SMILES string of the molecule is FC1(F)CC1c1cccc(Nc2nccc(NC3CCNC3)n2)c1. The van der Waals surface area contributed by atoms with Crippen LogP contribution in [0.1, 0.15) is 24.3 Å². The second-order valence-electron chi connectivity index (χ2n) is 6.37. The van der Waals surface area contributed by atoms with Gasteiger partial charge < -0.3 is 16.0 Å². The molecule has 2 unspecified atom stereocenters. The summed E-state index contributed by atoms with van der Waals surface area (Å²) in [4.78, 5) is 8.64. The third-order valence-corrected chi connectivity index (χ3v) is 4.44. The summed E-state index contributed by atoms with van der Waals surface area (Å²) in [5, 5.41) is 9.76. The van der Waals surface area contributed by atoms with Gasteiger partial charge in [0.25, 0.3) is 5.92 Å². The molecule has 24 heavy (non-hydrogen) atoms. The summed E-state index contributed by atoms with van der Waals surface area (Å²) in [7, 11) is 0. The molecule has 5 nitrogen and oxygen atoms in total. The summed E-state index contributed by atoms with van der Waals surface area (Å²) in [5.74, 6) is -2.02. The van der Waals surface area contributed by atoms with Crippen molar-refractivity contribution < 1.29 is 8.78 Å². The lowest BCUT2D eigenvalue weighted by Crippen LogP contribution is -2.22. The molecule has 2 aliphatic rings. The molecule has 2 atom stereocenters. The lowest BCUT2D eigenvalue weighted by Gasteiger charge is -2.13. The maximum absolute atomic E-state index is 13.2. The zero-order chi connectivity index (χ0) is 16.6. The number of anilines is 3. The summed E-state index contributed by atoms with van der Waals surface area (Å²) in [6.45, 7) is 1.93. The van der Waals surface area contributed by atoms with E-state index in [9.17, 15) is 8.78 Å². The Balaban J connectivity index is 1.46. The highest BCUT2D eigenvalue weighted by molar-refractivity contribution is 5.56. The molecule has 0 amide bonds. The van der Waals surface area contributed by atoms with Crippen LogP contribution < -0.4 is 16.0 Å². The van der Waals surface area contributed by atoms with Gasteiger partial charge in [-0.05, 0) is 36.7 Å². The minimum atomic E-state index is -2.56.